The molecular weight excluding hydrogens is 466 g/mol. The molecule has 182 valence electrons. The molecule has 4 aromatic carbocycles. The Labute approximate surface area is 215 Å². The highest BCUT2D eigenvalue weighted by Gasteiger charge is 2.15. The fourth-order valence-electron chi connectivity index (χ4n) is 4.97. The number of piperidine rings is 1. The number of phenolic OH excluding ortho intramolecular Hbond substituents is 1. The molecule has 36 heavy (non-hydrogen) atoms. The molecule has 0 saturated carbocycles. The smallest absolute Gasteiger partial charge is 0.143 e. The molecule has 1 fully saturated rings. The Morgan fingerprint density at radius 3 is 2.61 bits per heavy atom. The molecule has 5 heteroatoms. The van der Waals surface area contributed by atoms with Gasteiger partial charge < -0.3 is 19.9 Å². The van der Waals surface area contributed by atoms with E-state index in [1.807, 2.05) is 36.4 Å². The summed E-state index contributed by atoms with van der Waals surface area (Å²) in [6.45, 7) is 1.83. The average Bonchev–Trinajstić information content (AvgIpc) is 3.38. The van der Waals surface area contributed by atoms with Crippen LogP contribution in [0.2, 0.25) is 0 Å². The van der Waals surface area contributed by atoms with Gasteiger partial charge in [-0.1, -0.05) is 18.6 Å². The maximum atomic E-state index is 10.0. The Hall–Kier alpha value is -3.54. The van der Waals surface area contributed by atoms with E-state index in [2.05, 4.69) is 41.0 Å². The van der Waals surface area contributed by atoms with E-state index in [4.69, 9.17) is 9.47 Å². The van der Waals surface area contributed by atoms with Gasteiger partial charge in [0.1, 0.15) is 23.0 Å². The number of aromatic hydroxyl groups is 1. The summed E-state index contributed by atoms with van der Waals surface area (Å²) in [6, 6.07) is 26.6. The predicted molar refractivity (Wildman–Crippen MR) is 149 cm³/mol. The third kappa shape index (κ3) is 4.90. The minimum atomic E-state index is 0.242. The first-order valence-electron chi connectivity index (χ1n) is 12.6. The Balaban J connectivity index is 1.26. The third-order valence-corrected chi connectivity index (χ3v) is 7.81. The number of hydrogen-bond acceptors (Lipinski definition) is 5. The van der Waals surface area contributed by atoms with Crippen molar-refractivity contribution in [2.24, 2.45) is 0 Å². The van der Waals surface area contributed by atoms with E-state index in [-0.39, 0.29) is 5.75 Å². The molecule has 0 aliphatic carbocycles. The Kier molecular flexibility index (Phi) is 6.50. The summed E-state index contributed by atoms with van der Waals surface area (Å²) in [5.41, 5.74) is 2.11. The molecular formula is C31H29NO3S. The molecule has 4 nitrogen and oxygen atoms in total. The first-order valence-corrected chi connectivity index (χ1v) is 13.5. The van der Waals surface area contributed by atoms with Gasteiger partial charge in [-0.3, -0.25) is 0 Å². The maximum Gasteiger partial charge on any atom is 0.143 e. The monoisotopic (exact) mass is 495 g/mol. The summed E-state index contributed by atoms with van der Waals surface area (Å²) in [7, 11) is 0. The highest BCUT2D eigenvalue weighted by molar-refractivity contribution is 7.17. The molecule has 1 aromatic heterocycles. The lowest BCUT2D eigenvalue weighted by Gasteiger charge is -2.23. The van der Waals surface area contributed by atoms with E-state index in [0.29, 0.717) is 12.6 Å². The van der Waals surface area contributed by atoms with Crippen molar-refractivity contribution in [2.45, 2.75) is 31.7 Å². The number of phenols is 1. The average molecular weight is 496 g/mol. The summed E-state index contributed by atoms with van der Waals surface area (Å²) in [5.74, 6) is 2.61. The summed E-state index contributed by atoms with van der Waals surface area (Å²) in [4.78, 5) is 0. The molecule has 0 radical (unpaired) electrons. The van der Waals surface area contributed by atoms with Crippen molar-refractivity contribution < 1.29 is 14.6 Å². The third-order valence-electron chi connectivity index (χ3n) is 6.91. The number of benzene rings is 4. The fraction of sp³-hybridized carbons (Fsp3) is 0.226. The Morgan fingerprint density at radius 2 is 1.75 bits per heavy atom. The minimum Gasteiger partial charge on any atom is -0.508 e. The molecule has 0 bridgehead atoms. The van der Waals surface area contributed by atoms with E-state index >= 15 is 0 Å². The quantitative estimate of drug-likeness (QED) is 0.239. The van der Waals surface area contributed by atoms with Crippen LogP contribution < -0.4 is 14.8 Å². The van der Waals surface area contributed by atoms with Crippen molar-refractivity contribution in [3.63, 3.8) is 0 Å². The van der Waals surface area contributed by atoms with Gasteiger partial charge in [0.2, 0.25) is 0 Å². The maximum absolute atomic E-state index is 10.0. The Bertz CT molecular complexity index is 1490. The number of hydrogen-bond donors (Lipinski definition) is 2. The van der Waals surface area contributed by atoms with Gasteiger partial charge in [-0.05, 0) is 114 Å². The van der Waals surface area contributed by atoms with Gasteiger partial charge in [0.05, 0.1) is 6.61 Å². The normalized spacial score (nSPS) is 15.8. The van der Waals surface area contributed by atoms with Crippen molar-refractivity contribution in [2.75, 3.05) is 13.2 Å². The van der Waals surface area contributed by atoms with Gasteiger partial charge in [-0.2, -0.15) is 0 Å². The van der Waals surface area contributed by atoms with Crippen LogP contribution in [0, 0.1) is 0 Å². The SMILES string of the molecule is Oc1ccc2c(Oc3ccc(OCCC4CCCCN4)cc3)c(-c3ccc4sccc4c3)ccc2c1. The van der Waals surface area contributed by atoms with Crippen LogP contribution in [0.3, 0.4) is 0 Å². The first-order chi connectivity index (χ1) is 17.7. The first kappa shape index (κ1) is 22.9. The highest BCUT2D eigenvalue weighted by Crippen LogP contribution is 2.41. The molecule has 1 aliphatic rings. The molecule has 1 unspecified atom stereocenters. The topological polar surface area (TPSA) is 50.7 Å². The second-order valence-corrected chi connectivity index (χ2v) is 10.3. The summed E-state index contributed by atoms with van der Waals surface area (Å²) in [5, 5.41) is 18.8. The van der Waals surface area contributed by atoms with E-state index in [1.165, 1.54) is 29.3 Å². The van der Waals surface area contributed by atoms with Crippen LogP contribution in [-0.4, -0.2) is 24.3 Å². The van der Waals surface area contributed by atoms with E-state index < -0.39 is 0 Å². The van der Waals surface area contributed by atoms with Gasteiger partial charge in [-0.15, -0.1) is 11.3 Å². The molecule has 5 aromatic rings. The van der Waals surface area contributed by atoms with Gasteiger partial charge >= 0.3 is 0 Å². The van der Waals surface area contributed by atoms with Crippen molar-refractivity contribution in [1.29, 1.82) is 0 Å². The summed E-state index contributed by atoms with van der Waals surface area (Å²) >= 11 is 1.74. The zero-order chi connectivity index (χ0) is 24.3. The molecule has 6 rings (SSSR count). The molecule has 0 spiro atoms. The summed E-state index contributed by atoms with van der Waals surface area (Å²) < 4.78 is 13.8. The van der Waals surface area contributed by atoms with E-state index in [9.17, 15) is 5.11 Å². The van der Waals surface area contributed by atoms with Crippen LogP contribution in [0.4, 0.5) is 0 Å². The van der Waals surface area contributed by atoms with E-state index in [1.54, 1.807) is 23.5 Å². The lowest BCUT2D eigenvalue weighted by atomic mass is 9.98. The zero-order valence-electron chi connectivity index (χ0n) is 20.1. The van der Waals surface area contributed by atoms with Gasteiger partial charge in [0.25, 0.3) is 0 Å². The number of rotatable bonds is 7. The lowest BCUT2D eigenvalue weighted by Crippen LogP contribution is -2.35. The summed E-state index contributed by atoms with van der Waals surface area (Å²) in [6.07, 6.45) is 4.85. The van der Waals surface area contributed by atoms with E-state index in [0.717, 1.165) is 52.1 Å². The van der Waals surface area contributed by atoms with Crippen LogP contribution in [0.1, 0.15) is 25.7 Å². The van der Waals surface area contributed by atoms with Crippen LogP contribution in [0.25, 0.3) is 32.0 Å². The standard InChI is InChI=1S/C31H29NO3S/c33-25-6-12-29-22(20-25)4-11-28(21-5-13-30-23(19-21)15-18-36-30)31(29)35-27-9-7-26(8-10-27)34-17-14-24-3-1-2-16-32-24/h4-13,15,18-20,24,32-33H,1-3,14,16-17H2. The van der Waals surface area contributed by atoms with Crippen LogP contribution in [0.15, 0.2) is 84.2 Å². The van der Waals surface area contributed by atoms with Crippen LogP contribution >= 0.6 is 11.3 Å². The van der Waals surface area contributed by atoms with Crippen LogP contribution in [0.5, 0.6) is 23.0 Å². The lowest BCUT2D eigenvalue weighted by molar-refractivity contribution is 0.268. The molecule has 1 aliphatic heterocycles. The zero-order valence-corrected chi connectivity index (χ0v) is 20.9. The second-order valence-electron chi connectivity index (χ2n) is 9.38. The molecule has 2 heterocycles. The van der Waals surface area contributed by atoms with Crippen molar-refractivity contribution >= 4 is 32.2 Å². The fourth-order valence-corrected chi connectivity index (χ4v) is 5.74. The number of thiophene rings is 1. The molecule has 1 atom stereocenters. The number of fused-ring (bicyclic) bond motifs is 2. The molecule has 0 amide bonds. The second kappa shape index (κ2) is 10.2. The van der Waals surface area contributed by atoms with Crippen molar-refractivity contribution in [1.82, 2.24) is 5.32 Å². The van der Waals surface area contributed by atoms with Gasteiger partial charge in [0.15, 0.2) is 0 Å². The highest BCUT2D eigenvalue weighted by atomic mass is 32.1. The van der Waals surface area contributed by atoms with Gasteiger partial charge in [-0.25, -0.2) is 0 Å². The molecule has 1 saturated heterocycles. The van der Waals surface area contributed by atoms with Crippen LogP contribution in [-0.2, 0) is 0 Å². The Morgan fingerprint density at radius 1 is 0.861 bits per heavy atom. The van der Waals surface area contributed by atoms with Crippen molar-refractivity contribution in [3.8, 4) is 34.1 Å². The minimum absolute atomic E-state index is 0.242. The number of ether oxygens (including phenoxy) is 2. The van der Waals surface area contributed by atoms with Crippen molar-refractivity contribution in [3.05, 3.63) is 84.2 Å². The predicted octanol–water partition coefficient (Wildman–Crippen LogP) is 8.13. The van der Waals surface area contributed by atoms with Gasteiger partial charge in [0, 0.05) is 21.7 Å². The largest absolute Gasteiger partial charge is 0.508 e. The number of nitrogens with one attached hydrogen (secondary N) is 1. The molecule has 2 N–H and O–H groups in total.